The average Bonchev–Trinajstić information content (AvgIpc) is 3.25. The van der Waals surface area contributed by atoms with Gasteiger partial charge in [-0.15, -0.1) is 0 Å². The molecule has 0 atom stereocenters. The van der Waals surface area contributed by atoms with Gasteiger partial charge >= 0.3 is 0 Å². The van der Waals surface area contributed by atoms with Gasteiger partial charge in [0.15, 0.2) is 0 Å². The Kier molecular flexibility index (Phi) is 6.06. The Morgan fingerprint density at radius 2 is 1.72 bits per heavy atom. The van der Waals surface area contributed by atoms with Crippen molar-refractivity contribution in [1.29, 1.82) is 0 Å². The van der Waals surface area contributed by atoms with Gasteiger partial charge in [0.1, 0.15) is 5.82 Å². The van der Waals surface area contributed by atoms with E-state index in [1.165, 1.54) is 12.1 Å². The van der Waals surface area contributed by atoms with Crippen LogP contribution in [0.25, 0.3) is 0 Å². The molecule has 2 amide bonds. The van der Waals surface area contributed by atoms with Crippen molar-refractivity contribution in [1.82, 2.24) is 15.1 Å². The molecule has 0 spiro atoms. The monoisotopic (exact) mass is 453 g/mol. The number of carbonyl (C=O) groups excluding carboxylic acids is 2. The molecular weight excluding hydrogens is 430 g/mol. The second-order valence-corrected chi connectivity index (χ2v) is 9.10. The topological polar surface area (TPSA) is 127 Å². The zero-order chi connectivity index (χ0) is 22.7. The average molecular weight is 454 g/mol. The summed E-state index contributed by atoms with van der Waals surface area (Å²) in [5.74, 6) is 0.627. The van der Waals surface area contributed by atoms with Gasteiger partial charge < -0.3 is 5.32 Å². The molecular formula is C22H23N5O4S. The maximum Gasteiger partial charge on any atom is 0.251 e. The van der Waals surface area contributed by atoms with Crippen molar-refractivity contribution in [3.63, 3.8) is 0 Å². The fourth-order valence-corrected chi connectivity index (χ4v) is 4.09. The first-order valence-corrected chi connectivity index (χ1v) is 11.7. The van der Waals surface area contributed by atoms with E-state index < -0.39 is 10.0 Å². The highest BCUT2D eigenvalue weighted by molar-refractivity contribution is 7.89. The van der Waals surface area contributed by atoms with E-state index in [1.54, 1.807) is 35.4 Å². The van der Waals surface area contributed by atoms with E-state index in [0.29, 0.717) is 38.0 Å². The molecule has 0 fully saturated rings. The molecule has 2 aromatic carbocycles. The third-order valence-electron chi connectivity index (χ3n) is 5.32. The first kappa shape index (κ1) is 21.7. The highest BCUT2D eigenvalue weighted by Crippen LogP contribution is 2.23. The van der Waals surface area contributed by atoms with Gasteiger partial charge in [0.05, 0.1) is 24.2 Å². The minimum absolute atomic E-state index is 0.0527. The van der Waals surface area contributed by atoms with E-state index in [4.69, 9.17) is 5.14 Å². The second-order valence-electron chi connectivity index (χ2n) is 7.53. The highest BCUT2D eigenvalue weighted by Gasteiger charge is 2.24. The second kappa shape index (κ2) is 8.93. The number of nitrogens with zero attached hydrogens (tertiary/aromatic N) is 3. The largest absolute Gasteiger partial charge is 0.352 e. The zero-order valence-electron chi connectivity index (χ0n) is 17.3. The van der Waals surface area contributed by atoms with Crippen molar-refractivity contribution in [3.8, 4) is 0 Å². The maximum absolute atomic E-state index is 12.4. The molecule has 1 aliphatic heterocycles. The Hall–Kier alpha value is -3.50. The van der Waals surface area contributed by atoms with Crippen LogP contribution in [0.3, 0.4) is 0 Å². The van der Waals surface area contributed by atoms with Crippen LogP contribution in [0.2, 0.25) is 0 Å². The van der Waals surface area contributed by atoms with Crippen molar-refractivity contribution >= 4 is 27.7 Å². The quantitative estimate of drug-likeness (QED) is 0.560. The number of nitrogens with one attached hydrogen (secondary N) is 1. The molecule has 1 aromatic heterocycles. The van der Waals surface area contributed by atoms with Crippen molar-refractivity contribution in [2.24, 2.45) is 5.14 Å². The van der Waals surface area contributed by atoms with Crippen LogP contribution in [0.15, 0.2) is 65.7 Å². The Balaban J connectivity index is 1.31. The summed E-state index contributed by atoms with van der Waals surface area (Å²) in [4.78, 5) is 26.5. The van der Waals surface area contributed by atoms with Gasteiger partial charge in [-0.3, -0.25) is 14.5 Å². The number of aryl methyl sites for hydroxylation is 1. The number of anilines is 1. The fourth-order valence-electron chi connectivity index (χ4n) is 3.57. The summed E-state index contributed by atoms with van der Waals surface area (Å²) in [5.41, 5.74) is 2.33. The molecule has 32 heavy (non-hydrogen) atoms. The van der Waals surface area contributed by atoms with Crippen molar-refractivity contribution < 1.29 is 18.0 Å². The molecule has 0 radical (unpaired) electrons. The van der Waals surface area contributed by atoms with Gasteiger partial charge in [-0.1, -0.05) is 24.3 Å². The molecule has 0 saturated carbocycles. The number of primary sulfonamides is 1. The van der Waals surface area contributed by atoms with Crippen LogP contribution in [0.1, 0.15) is 27.9 Å². The summed E-state index contributed by atoms with van der Waals surface area (Å²) in [7, 11) is -3.71. The fraction of sp³-hybridized carbons (Fsp3) is 0.227. The van der Waals surface area contributed by atoms with Gasteiger partial charge in [-0.2, -0.15) is 5.10 Å². The SMILES string of the molecule is NS(=O)(=O)c1ccc(CCNC(=O)c2ccc(CN3C(=O)CCn4nccc43)cc2)cc1. The third-order valence-corrected chi connectivity index (χ3v) is 6.25. The van der Waals surface area contributed by atoms with Crippen LogP contribution < -0.4 is 15.4 Å². The minimum Gasteiger partial charge on any atom is -0.352 e. The summed E-state index contributed by atoms with van der Waals surface area (Å²) in [5, 5.41) is 12.2. The van der Waals surface area contributed by atoms with Crippen LogP contribution in [0, 0.1) is 0 Å². The van der Waals surface area contributed by atoms with Gasteiger partial charge in [0.2, 0.25) is 15.9 Å². The number of nitrogens with two attached hydrogens (primary N) is 1. The summed E-state index contributed by atoms with van der Waals surface area (Å²) < 4.78 is 24.4. The number of aromatic nitrogens is 2. The molecule has 166 valence electrons. The Bertz CT molecular complexity index is 1230. The summed E-state index contributed by atoms with van der Waals surface area (Å²) >= 11 is 0. The number of amides is 2. The van der Waals surface area contributed by atoms with E-state index >= 15 is 0 Å². The lowest BCUT2D eigenvalue weighted by molar-refractivity contribution is -0.119. The summed E-state index contributed by atoms with van der Waals surface area (Å²) in [6.45, 7) is 1.41. The summed E-state index contributed by atoms with van der Waals surface area (Å²) in [6, 6.07) is 15.2. The lowest BCUT2D eigenvalue weighted by atomic mass is 10.1. The molecule has 4 rings (SSSR count). The number of benzene rings is 2. The first-order valence-electron chi connectivity index (χ1n) is 10.1. The maximum atomic E-state index is 12.4. The van der Waals surface area contributed by atoms with E-state index in [2.05, 4.69) is 10.4 Å². The summed E-state index contributed by atoms with van der Waals surface area (Å²) in [6.07, 6.45) is 2.66. The van der Waals surface area contributed by atoms with Gasteiger partial charge in [0, 0.05) is 24.6 Å². The zero-order valence-corrected chi connectivity index (χ0v) is 18.1. The van der Waals surface area contributed by atoms with Gasteiger partial charge in [0.25, 0.3) is 5.91 Å². The minimum atomic E-state index is -3.71. The lowest BCUT2D eigenvalue weighted by Gasteiger charge is -2.27. The number of hydrogen-bond donors (Lipinski definition) is 2. The molecule has 2 heterocycles. The predicted octanol–water partition coefficient (Wildman–Crippen LogP) is 1.44. The molecule has 9 nitrogen and oxygen atoms in total. The molecule has 0 bridgehead atoms. The first-order chi connectivity index (χ1) is 15.3. The van der Waals surface area contributed by atoms with E-state index in [9.17, 15) is 18.0 Å². The molecule has 3 aromatic rings. The standard InChI is InChI=1S/C22H23N5O4S/c23-32(30,31)19-7-3-16(4-8-19)9-12-24-22(29)18-5-1-17(2-6-18)15-26-20-10-13-25-27(20)14-11-21(26)28/h1-8,10,13H,9,11-12,14-15H2,(H,24,29)(H2,23,30,31). The van der Waals surface area contributed by atoms with Crippen LogP contribution in [-0.4, -0.2) is 36.6 Å². The highest BCUT2D eigenvalue weighted by atomic mass is 32.2. The van der Waals surface area contributed by atoms with Crippen molar-refractivity contribution in [2.75, 3.05) is 11.4 Å². The molecule has 10 heteroatoms. The van der Waals surface area contributed by atoms with Gasteiger partial charge in [-0.05, 0) is 41.8 Å². The van der Waals surface area contributed by atoms with Crippen LogP contribution in [0.5, 0.6) is 0 Å². The van der Waals surface area contributed by atoms with Crippen molar-refractivity contribution in [2.45, 2.75) is 30.8 Å². The predicted molar refractivity (Wildman–Crippen MR) is 118 cm³/mol. The number of sulfonamides is 1. The number of rotatable bonds is 7. The van der Waals surface area contributed by atoms with E-state index in [1.807, 2.05) is 22.9 Å². The van der Waals surface area contributed by atoms with E-state index in [0.717, 1.165) is 16.9 Å². The number of hydrogen-bond acceptors (Lipinski definition) is 5. The van der Waals surface area contributed by atoms with Crippen LogP contribution in [0.4, 0.5) is 5.82 Å². The van der Waals surface area contributed by atoms with Crippen LogP contribution >= 0.6 is 0 Å². The Labute approximate surface area is 185 Å². The Morgan fingerprint density at radius 3 is 2.41 bits per heavy atom. The van der Waals surface area contributed by atoms with E-state index in [-0.39, 0.29) is 16.7 Å². The number of carbonyl (C=O) groups is 2. The lowest BCUT2D eigenvalue weighted by Crippen LogP contribution is -2.36. The smallest absolute Gasteiger partial charge is 0.251 e. The molecule has 0 saturated heterocycles. The molecule has 0 unspecified atom stereocenters. The molecule has 1 aliphatic rings. The van der Waals surface area contributed by atoms with Crippen molar-refractivity contribution in [3.05, 3.63) is 77.5 Å². The normalized spacial score (nSPS) is 13.7. The molecule has 3 N–H and O–H groups in total. The Morgan fingerprint density at radius 1 is 1.03 bits per heavy atom. The third kappa shape index (κ3) is 4.87. The van der Waals surface area contributed by atoms with Crippen LogP contribution in [-0.2, 0) is 34.3 Å². The molecule has 0 aliphatic carbocycles. The van der Waals surface area contributed by atoms with Gasteiger partial charge in [-0.25, -0.2) is 18.2 Å². The number of fused-ring (bicyclic) bond motifs is 1.